The van der Waals surface area contributed by atoms with Crippen LogP contribution in [0.2, 0.25) is 0 Å². The summed E-state index contributed by atoms with van der Waals surface area (Å²) in [6.07, 6.45) is 0.983. The molecule has 0 N–H and O–H groups in total. The highest BCUT2D eigenvalue weighted by Gasteiger charge is 2.46. The Morgan fingerprint density at radius 2 is 1.62 bits per heavy atom. The van der Waals surface area contributed by atoms with Crippen LogP contribution in [-0.4, -0.2) is 60.1 Å². The molecule has 2 fully saturated rings. The maximum Gasteiger partial charge on any atom is 0.240 e. The Balaban J connectivity index is 2.16. The van der Waals surface area contributed by atoms with Crippen molar-refractivity contribution in [3.8, 4) is 0 Å². The van der Waals surface area contributed by atoms with E-state index < -0.39 is 0 Å². The summed E-state index contributed by atoms with van der Waals surface area (Å²) in [5, 5.41) is 0. The molecule has 2 heterocycles. The highest BCUT2D eigenvalue weighted by atomic mass is 16.5. The smallest absolute Gasteiger partial charge is 0.240 e. The summed E-state index contributed by atoms with van der Waals surface area (Å²) in [7, 11) is 0. The van der Waals surface area contributed by atoms with E-state index in [1.807, 2.05) is 4.90 Å². The van der Waals surface area contributed by atoms with Crippen molar-refractivity contribution in [2.45, 2.75) is 59.5 Å². The second kappa shape index (κ2) is 5.88. The molecule has 0 radical (unpaired) electrons. The maximum atomic E-state index is 13.0. The first kappa shape index (κ1) is 16.8. The molecule has 0 spiro atoms. The molecule has 1 amide bonds. The predicted molar refractivity (Wildman–Crippen MR) is 85.2 cm³/mol. The van der Waals surface area contributed by atoms with Gasteiger partial charge in [-0.1, -0.05) is 20.8 Å². The molecule has 0 aliphatic carbocycles. The zero-order chi connectivity index (χ0) is 15.8. The van der Waals surface area contributed by atoms with Gasteiger partial charge in [0.05, 0.1) is 19.3 Å². The topological polar surface area (TPSA) is 32.8 Å². The summed E-state index contributed by atoms with van der Waals surface area (Å²) in [4.78, 5) is 17.4. The van der Waals surface area contributed by atoms with Crippen molar-refractivity contribution >= 4 is 5.91 Å². The fraction of sp³-hybridized carbons (Fsp3) is 0.941. The molecule has 4 heteroatoms. The molecule has 0 aromatic rings. The van der Waals surface area contributed by atoms with Crippen LogP contribution < -0.4 is 0 Å². The van der Waals surface area contributed by atoms with Gasteiger partial charge in [-0.25, -0.2) is 0 Å². The van der Waals surface area contributed by atoms with E-state index in [0.717, 1.165) is 26.1 Å². The number of carbonyl (C=O) groups is 1. The molecule has 2 rings (SSSR count). The van der Waals surface area contributed by atoms with Gasteiger partial charge in [0.1, 0.15) is 0 Å². The summed E-state index contributed by atoms with van der Waals surface area (Å²) < 4.78 is 5.37. The number of rotatable bonds is 1. The van der Waals surface area contributed by atoms with Crippen molar-refractivity contribution in [1.82, 2.24) is 9.80 Å². The van der Waals surface area contributed by atoms with E-state index in [0.29, 0.717) is 25.0 Å². The van der Waals surface area contributed by atoms with E-state index in [9.17, 15) is 4.79 Å². The molecule has 4 nitrogen and oxygen atoms in total. The quantitative estimate of drug-likeness (QED) is 0.745. The number of amides is 1. The number of morpholine rings is 1. The molecular weight excluding hydrogens is 264 g/mol. The lowest BCUT2D eigenvalue weighted by molar-refractivity contribution is -0.141. The number of carbonyl (C=O) groups excluding carboxylic acids is 1. The summed E-state index contributed by atoms with van der Waals surface area (Å²) in [5.74, 6) is 0.881. The van der Waals surface area contributed by atoms with Gasteiger partial charge in [0.2, 0.25) is 5.91 Å². The van der Waals surface area contributed by atoms with E-state index in [1.165, 1.54) is 0 Å². The van der Waals surface area contributed by atoms with Crippen molar-refractivity contribution in [1.29, 1.82) is 0 Å². The number of likely N-dealkylation sites (tertiary alicyclic amines) is 1. The second-order valence-corrected chi connectivity index (χ2v) is 8.58. The monoisotopic (exact) mass is 296 g/mol. The van der Waals surface area contributed by atoms with Gasteiger partial charge >= 0.3 is 0 Å². The Hall–Kier alpha value is -0.610. The third-order valence-corrected chi connectivity index (χ3v) is 5.00. The van der Waals surface area contributed by atoms with Crippen molar-refractivity contribution < 1.29 is 9.53 Å². The molecule has 0 aromatic heterocycles. The lowest BCUT2D eigenvalue weighted by Gasteiger charge is -2.39. The Morgan fingerprint density at radius 1 is 1.05 bits per heavy atom. The highest BCUT2D eigenvalue weighted by molar-refractivity contribution is 5.82. The van der Waals surface area contributed by atoms with Gasteiger partial charge in [0.25, 0.3) is 0 Å². The van der Waals surface area contributed by atoms with E-state index in [1.54, 1.807) is 0 Å². The summed E-state index contributed by atoms with van der Waals surface area (Å²) in [6, 6.07) is 0.0346. The molecule has 122 valence electrons. The van der Waals surface area contributed by atoms with Crippen molar-refractivity contribution in [2.24, 2.45) is 11.3 Å². The molecule has 0 saturated carbocycles. The minimum Gasteiger partial charge on any atom is -0.378 e. The molecule has 2 aliphatic rings. The number of hydrogen-bond acceptors (Lipinski definition) is 3. The summed E-state index contributed by atoms with van der Waals surface area (Å²) in [6.45, 7) is 17.4. The lowest BCUT2D eigenvalue weighted by atomic mass is 9.79. The fourth-order valence-electron chi connectivity index (χ4n) is 3.43. The second-order valence-electron chi connectivity index (χ2n) is 8.58. The van der Waals surface area contributed by atoms with Crippen LogP contribution in [0.25, 0.3) is 0 Å². The Labute approximate surface area is 129 Å². The summed E-state index contributed by atoms with van der Waals surface area (Å²) >= 11 is 0. The number of ether oxygens (including phenoxy) is 1. The van der Waals surface area contributed by atoms with Gasteiger partial charge in [-0.2, -0.15) is 0 Å². The first-order valence-corrected chi connectivity index (χ1v) is 8.24. The van der Waals surface area contributed by atoms with Gasteiger partial charge < -0.3 is 9.64 Å². The molecule has 2 aliphatic heterocycles. The average molecular weight is 296 g/mol. The van der Waals surface area contributed by atoms with Crippen molar-refractivity contribution in [3.63, 3.8) is 0 Å². The zero-order valence-corrected chi connectivity index (χ0v) is 14.6. The van der Waals surface area contributed by atoms with Crippen LogP contribution in [0.3, 0.4) is 0 Å². The van der Waals surface area contributed by atoms with E-state index in [4.69, 9.17) is 4.74 Å². The number of hydrogen-bond donors (Lipinski definition) is 0. The Kier molecular flexibility index (Phi) is 4.69. The molecule has 2 atom stereocenters. The molecule has 1 unspecified atom stereocenters. The molecule has 0 aromatic carbocycles. The van der Waals surface area contributed by atoms with Gasteiger partial charge in [-0.3, -0.25) is 9.69 Å². The summed E-state index contributed by atoms with van der Waals surface area (Å²) in [5.41, 5.74) is 0.288. The third-order valence-electron chi connectivity index (χ3n) is 5.00. The molecular formula is C17H32N2O2. The van der Waals surface area contributed by atoms with Crippen LogP contribution >= 0.6 is 0 Å². The predicted octanol–water partition coefficient (Wildman–Crippen LogP) is 2.38. The SMILES string of the molecule is CC(C)(C)C1C[C@@H](C(=O)N2CCOCC2)N(C(C)(C)C)C1. The minimum absolute atomic E-state index is 0.0343. The molecule has 0 bridgehead atoms. The minimum atomic E-state index is 0.0343. The average Bonchev–Trinajstić information content (AvgIpc) is 2.83. The van der Waals surface area contributed by atoms with Gasteiger partial charge in [-0.15, -0.1) is 0 Å². The van der Waals surface area contributed by atoms with E-state index in [2.05, 4.69) is 46.4 Å². The lowest BCUT2D eigenvalue weighted by Crippen LogP contribution is -2.54. The maximum absolute atomic E-state index is 13.0. The van der Waals surface area contributed by atoms with Crippen LogP contribution in [0.1, 0.15) is 48.0 Å². The highest BCUT2D eigenvalue weighted by Crippen LogP contribution is 2.40. The largest absolute Gasteiger partial charge is 0.378 e. The standard InChI is InChI=1S/C17H32N2O2/c1-16(2,3)13-11-14(19(12-13)17(4,5)6)15(20)18-7-9-21-10-8-18/h13-14H,7-12H2,1-6H3/t13?,14-/m0/s1. The Morgan fingerprint density at radius 3 is 2.10 bits per heavy atom. The Bertz CT molecular complexity index is 375. The van der Waals surface area contributed by atoms with Gasteiger partial charge in [-0.05, 0) is 38.5 Å². The van der Waals surface area contributed by atoms with Crippen LogP contribution in [0.4, 0.5) is 0 Å². The normalized spacial score (nSPS) is 29.0. The van der Waals surface area contributed by atoms with E-state index >= 15 is 0 Å². The van der Waals surface area contributed by atoms with Crippen molar-refractivity contribution in [2.75, 3.05) is 32.8 Å². The molecule has 21 heavy (non-hydrogen) atoms. The van der Waals surface area contributed by atoms with Crippen LogP contribution in [0.5, 0.6) is 0 Å². The van der Waals surface area contributed by atoms with Crippen LogP contribution in [0.15, 0.2) is 0 Å². The first-order chi connectivity index (χ1) is 9.60. The molecule has 2 saturated heterocycles. The first-order valence-electron chi connectivity index (χ1n) is 8.24. The fourth-order valence-corrected chi connectivity index (χ4v) is 3.43. The number of nitrogens with zero attached hydrogens (tertiary/aromatic N) is 2. The zero-order valence-electron chi connectivity index (χ0n) is 14.6. The van der Waals surface area contributed by atoms with E-state index in [-0.39, 0.29) is 17.0 Å². The van der Waals surface area contributed by atoms with Crippen LogP contribution in [0, 0.1) is 11.3 Å². The van der Waals surface area contributed by atoms with Gasteiger partial charge in [0.15, 0.2) is 0 Å². The third kappa shape index (κ3) is 3.78. The van der Waals surface area contributed by atoms with Crippen LogP contribution in [-0.2, 0) is 9.53 Å². The van der Waals surface area contributed by atoms with Gasteiger partial charge in [0, 0.05) is 25.2 Å². The van der Waals surface area contributed by atoms with Crippen molar-refractivity contribution in [3.05, 3.63) is 0 Å².